The lowest BCUT2D eigenvalue weighted by Crippen LogP contribution is -2.68. The molecule has 0 spiro atoms. The minimum Gasteiger partial charge on any atom is -0.544 e. The average molecular weight is 426 g/mol. The SMILES string of the molecule is CCCCCCCCCCCC(CCCCCCCCC)C(C)(C(=O)[O-])[N+](C)(C)C. The van der Waals surface area contributed by atoms with Crippen molar-refractivity contribution in [3.05, 3.63) is 0 Å². The van der Waals surface area contributed by atoms with Gasteiger partial charge in [0.2, 0.25) is 0 Å². The molecule has 0 aromatic carbocycles. The average Bonchev–Trinajstić information content (AvgIpc) is 2.68. The van der Waals surface area contributed by atoms with E-state index < -0.39 is 11.5 Å². The number of carbonyl (C=O) groups excluding carboxylic acids is 1. The van der Waals surface area contributed by atoms with Gasteiger partial charge in [0, 0.05) is 5.92 Å². The molecule has 0 aliphatic heterocycles. The molecule has 0 rings (SSSR count). The zero-order chi connectivity index (χ0) is 22.9. The number of quaternary nitrogens is 1. The summed E-state index contributed by atoms with van der Waals surface area (Å²) in [5.74, 6) is -0.679. The number of aliphatic carboxylic acids is 1. The molecule has 0 N–H and O–H groups in total. The zero-order valence-electron chi connectivity index (χ0n) is 21.6. The van der Waals surface area contributed by atoms with E-state index in [9.17, 15) is 9.90 Å². The van der Waals surface area contributed by atoms with Gasteiger partial charge >= 0.3 is 0 Å². The first-order chi connectivity index (χ1) is 14.2. The first-order valence-electron chi connectivity index (χ1n) is 13.2. The minimum absolute atomic E-state index is 0.197. The van der Waals surface area contributed by atoms with E-state index in [1.54, 1.807) is 0 Å². The van der Waals surface area contributed by atoms with Crippen LogP contribution in [0.1, 0.15) is 136 Å². The first kappa shape index (κ1) is 29.4. The van der Waals surface area contributed by atoms with Gasteiger partial charge in [0.05, 0.1) is 21.1 Å². The van der Waals surface area contributed by atoms with Gasteiger partial charge in [0.25, 0.3) is 0 Å². The van der Waals surface area contributed by atoms with E-state index in [-0.39, 0.29) is 5.92 Å². The molecule has 0 bridgehead atoms. The molecular weight excluding hydrogens is 370 g/mol. The molecule has 0 fully saturated rings. The fourth-order valence-corrected chi connectivity index (χ4v) is 4.74. The van der Waals surface area contributed by atoms with E-state index in [0.29, 0.717) is 4.48 Å². The Morgan fingerprint density at radius 2 is 0.967 bits per heavy atom. The van der Waals surface area contributed by atoms with Crippen LogP contribution < -0.4 is 5.11 Å². The van der Waals surface area contributed by atoms with E-state index in [0.717, 1.165) is 25.7 Å². The summed E-state index contributed by atoms with van der Waals surface area (Å²) in [7, 11) is 6.05. The maximum atomic E-state index is 12.3. The van der Waals surface area contributed by atoms with Crippen LogP contribution in [-0.2, 0) is 4.79 Å². The van der Waals surface area contributed by atoms with Crippen molar-refractivity contribution in [3.63, 3.8) is 0 Å². The van der Waals surface area contributed by atoms with Gasteiger partial charge in [-0.25, -0.2) is 0 Å². The Bertz CT molecular complexity index is 416. The smallest absolute Gasteiger partial charge is 0.139 e. The van der Waals surface area contributed by atoms with Gasteiger partial charge in [-0.2, -0.15) is 0 Å². The number of unbranched alkanes of at least 4 members (excludes halogenated alkanes) is 14. The maximum absolute atomic E-state index is 12.3. The summed E-state index contributed by atoms with van der Waals surface area (Å²) in [4.78, 5) is 12.3. The number of hydrogen-bond donors (Lipinski definition) is 0. The van der Waals surface area contributed by atoms with Crippen LogP contribution in [-0.4, -0.2) is 37.1 Å². The third kappa shape index (κ3) is 11.7. The lowest BCUT2D eigenvalue weighted by molar-refractivity contribution is -0.918. The summed E-state index contributed by atoms with van der Waals surface area (Å²) in [6, 6.07) is 0. The molecule has 0 heterocycles. The van der Waals surface area contributed by atoms with Crippen LogP contribution in [0.15, 0.2) is 0 Å². The minimum atomic E-state index is -0.876. The normalized spacial score (nSPS) is 15.1. The second kappa shape index (κ2) is 17.0. The van der Waals surface area contributed by atoms with Crippen molar-refractivity contribution in [2.24, 2.45) is 5.92 Å². The summed E-state index contributed by atoms with van der Waals surface area (Å²) in [5, 5.41) is 12.3. The van der Waals surface area contributed by atoms with Crippen molar-refractivity contribution < 1.29 is 14.4 Å². The third-order valence-electron chi connectivity index (χ3n) is 7.41. The largest absolute Gasteiger partial charge is 0.544 e. The van der Waals surface area contributed by atoms with Crippen molar-refractivity contribution >= 4 is 5.97 Å². The lowest BCUT2D eigenvalue weighted by Gasteiger charge is -2.49. The molecule has 30 heavy (non-hydrogen) atoms. The van der Waals surface area contributed by atoms with Gasteiger partial charge < -0.3 is 14.4 Å². The van der Waals surface area contributed by atoms with Gasteiger partial charge in [-0.15, -0.1) is 0 Å². The Kier molecular flexibility index (Phi) is 16.7. The van der Waals surface area contributed by atoms with Crippen LogP contribution >= 0.6 is 0 Å². The quantitative estimate of drug-likeness (QED) is 0.148. The fourth-order valence-electron chi connectivity index (χ4n) is 4.74. The predicted molar refractivity (Wildman–Crippen MR) is 129 cm³/mol. The molecular formula is C27H55NO2. The summed E-state index contributed by atoms with van der Waals surface area (Å²) < 4.78 is 0.438. The Morgan fingerprint density at radius 1 is 0.667 bits per heavy atom. The standard InChI is InChI=1S/C27H55NO2/c1-7-9-11-13-15-16-18-20-22-24-25(23-21-19-17-14-12-10-8-2)27(3,26(29)30)28(4,5)6/h25H,7-24H2,1-6H3. The highest BCUT2D eigenvalue weighted by Crippen LogP contribution is 2.35. The van der Waals surface area contributed by atoms with Gasteiger partial charge in [-0.3, -0.25) is 0 Å². The van der Waals surface area contributed by atoms with E-state index in [2.05, 4.69) is 13.8 Å². The molecule has 0 radical (unpaired) electrons. The van der Waals surface area contributed by atoms with Crippen molar-refractivity contribution in [3.8, 4) is 0 Å². The number of carboxylic acids is 1. The molecule has 0 saturated carbocycles. The van der Waals surface area contributed by atoms with Crippen LogP contribution in [0.2, 0.25) is 0 Å². The monoisotopic (exact) mass is 425 g/mol. The van der Waals surface area contributed by atoms with Gasteiger partial charge in [-0.1, -0.05) is 117 Å². The van der Waals surface area contributed by atoms with Crippen LogP contribution in [0.25, 0.3) is 0 Å². The lowest BCUT2D eigenvalue weighted by atomic mass is 9.76. The topological polar surface area (TPSA) is 40.1 Å². The molecule has 2 atom stereocenters. The molecule has 0 amide bonds. The van der Waals surface area contributed by atoms with Crippen molar-refractivity contribution in [1.29, 1.82) is 0 Å². The fraction of sp³-hybridized carbons (Fsp3) is 0.963. The summed E-state index contributed by atoms with van der Waals surface area (Å²) in [6.45, 7) is 6.45. The molecule has 180 valence electrons. The Balaban J connectivity index is 4.53. The van der Waals surface area contributed by atoms with Crippen LogP contribution in [0.3, 0.4) is 0 Å². The third-order valence-corrected chi connectivity index (χ3v) is 7.41. The second-order valence-electron chi connectivity index (χ2n) is 10.7. The number of carbonyl (C=O) groups is 1. The molecule has 0 aromatic rings. The first-order valence-corrected chi connectivity index (χ1v) is 13.2. The molecule has 0 aromatic heterocycles. The van der Waals surface area contributed by atoms with Crippen LogP contribution in [0.5, 0.6) is 0 Å². The number of carboxylic acid groups (broad SMARTS) is 1. The Hall–Kier alpha value is -0.570. The Morgan fingerprint density at radius 3 is 1.23 bits per heavy atom. The van der Waals surface area contributed by atoms with Gasteiger partial charge in [0.1, 0.15) is 11.5 Å². The number of rotatable bonds is 21. The van der Waals surface area contributed by atoms with Crippen LogP contribution in [0.4, 0.5) is 0 Å². The Labute approximate surface area is 189 Å². The van der Waals surface area contributed by atoms with E-state index >= 15 is 0 Å². The summed E-state index contributed by atoms with van der Waals surface area (Å²) >= 11 is 0. The number of hydrogen-bond acceptors (Lipinski definition) is 2. The summed E-state index contributed by atoms with van der Waals surface area (Å²) in [5.41, 5.74) is -0.817. The maximum Gasteiger partial charge on any atom is 0.139 e. The van der Waals surface area contributed by atoms with Crippen molar-refractivity contribution in [2.45, 2.75) is 142 Å². The number of likely N-dealkylation sites (N-methyl/N-ethyl adjacent to an activating group) is 1. The van der Waals surface area contributed by atoms with Gasteiger partial charge in [0.15, 0.2) is 0 Å². The molecule has 0 saturated heterocycles. The predicted octanol–water partition coefficient (Wildman–Crippen LogP) is 6.88. The summed E-state index contributed by atoms with van der Waals surface area (Å²) in [6.07, 6.45) is 22.8. The molecule has 2 unspecified atom stereocenters. The molecule has 3 heteroatoms. The van der Waals surface area contributed by atoms with Gasteiger partial charge in [-0.05, 0) is 19.8 Å². The molecule has 3 nitrogen and oxygen atoms in total. The zero-order valence-corrected chi connectivity index (χ0v) is 21.6. The van der Waals surface area contributed by atoms with E-state index in [1.807, 2.05) is 28.1 Å². The highest BCUT2D eigenvalue weighted by atomic mass is 16.4. The van der Waals surface area contributed by atoms with Crippen molar-refractivity contribution in [1.82, 2.24) is 0 Å². The van der Waals surface area contributed by atoms with Crippen LogP contribution in [0, 0.1) is 5.92 Å². The highest BCUT2D eigenvalue weighted by molar-refractivity contribution is 5.75. The molecule has 0 aliphatic rings. The van der Waals surface area contributed by atoms with E-state index in [4.69, 9.17) is 0 Å². The number of nitrogens with zero attached hydrogens (tertiary/aromatic N) is 1. The van der Waals surface area contributed by atoms with E-state index in [1.165, 1.54) is 89.9 Å². The van der Waals surface area contributed by atoms with Crippen molar-refractivity contribution in [2.75, 3.05) is 21.1 Å². The molecule has 0 aliphatic carbocycles. The second-order valence-corrected chi connectivity index (χ2v) is 10.7. The highest BCUT2D eigenvalue weighted by Gasteiger charge is 2.46.